The van der Waals surface area contributed by atoms with Crippen LogP contribution in [0.3, 0.4) is 0 Å². The SMILES string of the molecule is CC1(C)C(=O)OC1CCc1ccccc1. The van der Waals surface area contributed by atoms with Gasteiger partial charge in [-0.1, -0.05) is 30.3 Å². The Bertz CT molecular complexity index is 354. The molecule has 1 aromatic carbocycles. The van der Waals surface area contributed by atoms with E-state index in [0.717, 1.165) is 12.8 Å². The van der Waals surface area contributed by atoms with Crippen molar-refractivity contribution >= 4 is 5.97 Å². The largest absolute Gasteiger partial charge is 0.461 e. The zero-order valence-corrected chi connectivity index (χ0v) is 9.19. The van der Waals surface area contributed by atoms with Gasteiger partial charge in [-0.15, -0.1) is 0 Å². The second-order valence-electron chi connectivity index (χ2n) is 4.64. The molecule has 0 saturated carbocycles. The molecule has 15 heavy (non-hydrogen) atoms. The van der Waals surface area contributed by atoms with E-state index in [1.54, 1.807) is 0 Å². The first-order valence-corrected chi connectivity index (χ1v) is 5.36. The van der Waals surface area contributed by atoms with Gasteiger partial charge in [0.15, 0.2) is 0 Å². The van der Waals surface area contributed by atoms with Crippen LogP contribution in [0.15, 0.2) is 30.3 Å². The third kappa shape index (κ3) is 1.89. The van der Waals surface area contributed by atoms with Gasteiger partial charge in [-0.3, -0.25) is 4.79 Å². The lowest BCUT2D eigenvalue weighted by molar-refractivity contribution is -0.201. The number of hydrogen-bond acceptors (Lipinski definition) is 2. The number of carbonyl (C=O) groups is 1. The highest BCUT2D eigenvalue weighted by Gasteiger charge is 2.49. The molecule has 0 aromatic heterocycles. The highest BCUT2D eigenvalue weighted by Crippen LogP contribution is 2.37. The maximum absolute atomic E-state index is 11.2. The second kappa shape index (κ2) is 3.69. The van der Waals surface area contributed by atoms with E-state index in [4.69, 9.17) is 4.74 Å². The lowest BCUT2D eigenvalue weighted by atomic mass is 9.79. The summed E-state index contributed by atoms with van der Waals surface area (Å²) in [5.41, 5.74) is 1.02. The number of ether oxygens (including phenoxy) is 1. The monoisotopic (exact) mass is 204 g/mol. The molecule has 0 aliphatic carbocycles. The van der Waals surface area contributed by atoms with Crippen LogP contribution < -0.4 is 0 Å². The quantitative estimate of drug-likeness (QED) is 0.707. The van der Waals surface area contributed by atoms with Gasteiger partial charge in [0.2, 0.25) is 0 Å². The van der Waals surface area contributed by atoms with Crippen molar-refractivity contribution in [1.82, 2.24) is 0 Å². The Morgan fingerprint density at radius 3 is 2.47 bits per heavy atom. The summed E-state index contributed by atoms with van der Waals surface area (Å²) >= 11 is 0. The third-order valence-electron chi connectivity index (χ3n) is 3.12. The molecular formula is C13H16O2. The lowest BCUT2D eigenvalue weighted by Gasteiger charge is -2.42. The van der Waals surface area contributed by atoms with Gasteiger partial charge in [0.25, 0.3) is 0 Å². The molecule has 0 bridgehead atoms. The van der Waals surface area contributed by atoms with Crippen molar-refractivity contribution in [3.8, 4) is 0 Å². The van der Waals surface area contributed by atoms with Crippen LogP contribution in [0.4, 0.5) is 0 Å². The Labute approximate surface area is 90.3 Å². The maximum atomic E-state index is 11.2. The van der Waals surface area contributed by atoms with E-state index in [2.05, 4.69) is 12.1 Å². The fourth-order valence-corrected chi connectivity index (χ4v) is 1.86. The molecule has 2 heteroatoms. The summed E-state index contributed by atoms with van der Waals surface area (Å²) in [7, 11) is 0. The number of carbonyl (C=O) groups excluding carboxylic acids is 1. The van der Waals surface area contributed by atoms with Gasteiger partial charge in [-0.25, -0.2) is 0 Å². The lowest BCUT2D eigenvalue weighted by Crippen LogP contribution is -2.52. The molecule has 2 rings (SSSR count). The Kier molecular flexibility index (Phi) is 2.51. The van der Waals surface area contributed by atoms with E-state index in [-0.39, 0.29) is 17.5 Å². The normalized spacial score (nSPS) is 23.1. The molecule has 1 aliphatic heterocycles. The molecule has 0 radical (unpaired) electrons. The Balaban J connectivity index is 1.88. The summed E-state index contributed by atoms with van der Waals surface area (Å²) in [6, 6.07) is 10.3. The van der Waals surface area contributed by atoms with Crippen molar-refractivity contribution in [2.75, 3.05) is 0 Å². The van der Waals surface area contributed by atoms with Crippen molar-refractivity contribution < 1.29 is 9.53 Å². The molecule has 1 heterocycles. The average Bonchev–Trinajstić information content (AvgIpc) is 2.25. The van der Waals surface area contributed by atoms with Gasteiger partial charge < -0.3 is 4.74 Å². The van der Waals surface area contributed by atoms with Gasteiger partial charge in [-0.2, -0.15) is 0 Å². The minimum atomic E-state index is -0.283. The smallest absolute Gasteiger partial charge is 0.315 e. The minimum Gasteiger partial charge on any atom is -0.461 e. The number of aryl methyl sites for hydroxylation is 1. The van der Waals surface area contributed by atoms with Crippen LogP contribution in [0.1, 0.15) is 25.8 Å². The number of hydrogen-bond donors (Lipinski definition) is 0. The van der Waals surface area contributed by atoms with Crippen LogP contribution in [0.5, 0.6) is 0 Å². The molecule has 2 nitrogen and oxygen atoms in total. The fraction of sp³-hybridized carbons (Fsp3) is 0.462. The van der Waals surface area contributed by atoms with E-state index >= 15 is 0 Å². The van der Waals surface area contributed by atoms with E-state index in [0.29, 0.717) is 0 Å². The average molecular weight is 204 g/mol. The number of esters is 1. The molecule has 80 valence electrons. The first kappa shape index (κ1) is 10.2. The van der Waals surface area contributed by atoms with Crippen LogP contribution in [-0.2, 0) is 16.0 Å². The van der Waals surface area contributed by atoms with Crippen molar-refractivity contribution in [3.05, 3.63) is 35.9 Å². The highest BCUT2D eigenvalue weighted by molar-refractivity contribution is 5.82. The van der Waals surface area contributed by atoms with Crippen LogP contribution in [-0.4, -0.2) is 12.1 Å². The molecule has 1 aliphatic rings. The predicted molar refractivity (Wildman–Crippen MR) is 58.4 cm³/mol. The summed E-state index contributed by atoms with van der Waals surface area (Å²) in [4.78, 5) is 11.2. The topological polar surface area (TPSA) is 26.3 Å². The van der Waals surface area contributed by atoms with Crippen LogP contribution in [0.25, 0.3) is 0 Å². The zero-order valence-electron chi connectivity index (χ0n) is 9.19. The van der Waals surface area contributed by atoms with Crippen LogP contribution >= 0.6 is 0 Å². The van der Waals surface area contributed by atoms with E-state index in [1.165, 1.54) is 5.56 Å². The molecule has 0 amide bonds. The molecule has 0 N–H and O–H groups in total. The molecule has 1 saturated heterocycles. The van der Waals surface area contributed by atoms with E-state index in [9.17, 15) is 4.79 Å². The van der Waals surface area contributed by atoms with Crippen molar-refractivity contribution in [3.63, 3.8) is 0 Å². The van der Waals surface area contributed by atoms with Gasteiger partial charge in [-0.05, 0) is 32.3 Å². The Hall–Kier alpha value is -1.31. The zero-order chi connectivity index (χ0) is 10.9. The van der Waals surface area contributed by atoms with Gasteiger partial charge in [0.05, 0.1) is 5.41 Å². The summed E-state index contributed by atoms with van der Waals surface area (Å²) in [6.45, 7) is 3.91. The summed E-state index contributed by atoms with van der Waals surface area (Å²) in [6.07, 6.45) is 1.98. The maximum Gasteiger partial charge on any atom is 0.315 e. The molecule has 1 aromatic rings. The van der Waals surface area contributed by atoms with Gasteiger partial charge in [0.1, 0.15) is 6.10 Å². The molecule has 1 fully saturated rings. The van der Waals surface area contributed by atoms with E-state index in [1.807, 2.05) is 32.0 Å². The van der Waals surface area contributed by atoms with Crippen molar-refractivity contribution in [1.29, 1.82) is 0 Å². The molecular weight excluding hydrogens is 188 g/mol. The van der Waals surface area contributed by atoms with Gasteiger partial charge >= 0.3 is 5.97 Å². The highest BCUT2D eigenvalue weighted by atomic mass is 16.6. The number of rotatable bonds is 3. The minimum absolute atomic E-state index is 0.0689. The second-order valence-corrected chi connectivity index (χ2v) is 4.64. The Morgan fingerprint density at radius 2 is 1.93 bits per heavy atom. The summed E-state index contributed by atoms with van der Waals surface area (Å²) in [5.74, 6) is -0.0689. The molecule has 1 atom stereocenters. The fourth-order valence-electron chi connectivity index (χ4n) is 1.86. The van der Waals surface area contributed by atoms with E-state index < -0.39 is 0 Å². The molecule has 0 spiro atoms. The van der Waals surface area contributed by atoms with Crippen LogP contribution in [0.2, 0.25) is 0 Å². The first-order valence-electron chi connectivity index (χ1n) is 5.36. The predicted octanol–water partition coefficient (Wildman–Crippen LogP) is 2.57. The van der Waals surface area contributed by atoms with Crippen molar-refractivity contribution in [2.45, 2.75) is 32.8 Å². The summed E-state index contributed by atoms with van der Waals surface area (Å²) in [5, 5.41) is 0. The standard InChI is InChI=1S/C13H16O2/c1-13(2)11(15-12(13)14)9-8-10-6-4-3-5-7-10/h3-7,11H,8-9H2,1-2H3. The summed E-state index contributed by atoms with van der Waals surface area (Å²) < 4.78 is 5.14. The van der Waals surface area contributed by atoms with Crippen LogP contribution in [0, 0.1) is 5.41 Å². The third-order valence-corrected chi connectivity index (χ3v) is 3.12. The Morgan fingerprint density at radius 1 is 1.27 bits per heavy atom. The molecule has 1 unspecified atom stereocenters. The van der Waals surface area contributed by atoms with Crippen molar-refractivity contribution in [2.24, 2.45) is 5.41 Å². The first-order chi connectivity index (χ1) is 7.10. The van der Waals surface area contributed by atoms with Gasteiger partial charge in [0, 0.05) is 0 Å². The number of cyclic esters (lactones) is 1. The number of benzene rings is 1.